The number of ether oxygens (including phenoxy) is 2. The number of rotatable bonds is 3. The molecule has 3 heterocycles. The molecule has 176 valence electrons. The fourth-order valence-electron chi connectivity index (χ4n) is 4.64. The Morgan fingerprint density at radius 2 is 1.69 bits per heavy atom. The second kappa shape index (κ2) is 7.91. The van der Waals surface area contributed by atoms with Gasteiger partial charge in [-0.05, 0) is 85.6 Å². The van der Waals surface area contributed by atoms with E-state index in [1.54, 1.807) is 6.20 Å². The molecule has 8 heteroatoms. The molecule has 32 heavy (non-hydrogen) atoms. The van der Waals surface area contributed by atoms with Crippen LogP contribution < -0.4 is 10.2 Å². The minimum atomic E-state index is -0.452. The Morgan fingerprint density at radius 1 is 1.09 bits per heavy atom. The number of likely N-dealkylation sites (tertiary alicyclic amines) is 1. The highest BCUT2D eigenvalue weighted by Crippen LogP contribution is 2.50. The van der Waals surface area contributed by atoms with Gasteiger partial charge in [0, 0.05) is 24.7 Å². The molecule has 2 aliphatic heterocycles. The topological polar surface area (TPSA) is 70.1 Å². The summed E-state index contributed by atoms with van der Waals surface area (Å²) in [5, 5.41) is 0. The predicted molar refractivity (Wildman–Crippen MR) is 123 cm³/mol. The van der Waals surface area contributed by atoms with Crippen LogP contribution in [0, 0.1) is 5.41 Å². The van der Waals surface area contributed by atoms with Crippen LogP contribution in [0.25, 0.3) is 0 Å². The Kier molecular flexibility index (Phi) is 5.77. The molecule has 2 saturated heterocycles. The summed E-state index contributed by atoms with van der Waals surface area (Å²) < 4.78 is 23.8. The molecule has 0 N–H and O–H groups in total. The first-order chi connectivity index (χ1) is 14.8. The third kappa shape index (κ3) is 4.76. The summed E-state index contributed by atoms with van der Waals surface area (Å²) in [6, 6.07) is 3.87. The van der Waals surface area contributed by atoms with Crippen LogP contribution in [0.1, 0.15) is 74.1 Å². The van der Waals surface area contributed by atoms with Gasteiger partial charge in [0.1, 0.15) is 11.7 Å². The Bertz CT molecular complexity index is 817. The highest BCUT2D eigenvalue weighted by molar-refractivity contribution is 6.62. The summed E-state index contributed by atoms with van der Waals surface area (Å²) >= 11 is 0. The molecule has 3 aliphatic rings. The molecule has 7 nitrogen and oxygen atoms in total. The van der Waals surface area contributed by atoms with Crippen molar-refractivity contribution < 1.29 is 23.6 Å². The van der Waals surface area contributed by atoms with Crippen molar-refractivity contribution in [3.05, 3.63) is 18.3 Å². The average molecular weight is 444 g/mol. The van der Waals surface area contributed by atoms with Crippen LogP contribution >= 0.6 is 0 Å². The van der Waals surface area contributed by atoms with Crippen LogP contribution in [0.3, 0.4) is 0 Å². The van der Waals surface area contributed by atoms with Gasteiger partial charge < -0.3 is 23.7 Å². The zero-order chi connectivity index (χ0) is 23.4. The molecule has 1 saturated carbocycles. The van der Waals surface area contributed by atoms with Crippen LogP contribution in [0.5, 0.6) is 5.88 Å². The Balaban J connectivity index is 1.24. The normalized spacial score (nSPS) is 24.3. The van der Waals surface area contributed by atoms with Crippen molar-refractivity contribution in [3.63, 3.8) is 0 Å². The fraction of sp³-hybridized carbons (Fsp3) is 0.750. The van der Waals surface area contributed by atoms with Gasteiger partial charge in [0.05, 0.1) is 11.2 Å². The van der Waals surface area contributed by atoms with Crippen molar-refractivity contribution in [3.8, 4) is 5.88 Å². The minimum absolute atomic E-state index is 0.179. The number of nitrogens with zero attached hydrogens (tertiary/aromatic N) is 2. The number of hydrogen-bond donors (Lipinski definition) is 0. The highest BCUT2D eigenvalue weighted by atomic mass is 16.7. The third-order valence-corrected chi connectivity index (χ3v) is 7.37. The minimum Gasteiger partial charge on any atom is -0.474 e. The van der Waals surface area contributed by atoms with Crippen molar-refractivity contribution in [1.29, 1.82) is 0 Å². The van der Waals surface area contributed by atoms with Gasteiger partial charge in [-0.1, -0.05) is 6.07 Å². The molecule has 1 aromatic heterocycles. The molecule has 1 spiro atoms. The van der Waals surface area contributed by atoms with Gasteiger partial charge in [-0.25, -0.2) is 9.78 Å². The van der Waals surface area contributed by atoms with Crippen molar-refractivity contribution in [2.45, 2.75) is 97.1 Å². The Hall–Kier alpha value is -1.80. The van der Waals surface area contributed by atoms with E-state index < -0.39 is 12.7 Å². The van der Waals surface area contributed by atoms with E-state index in [2.05, 4.69) is 4.98 Å². The molecule has 0 aromatic carbocycles. The van der Waals surface area contributed by atoms with Gasteiger partial charge in [0.25, 0.3) is 0 Å². The third-order valence-electron chi connectivity index (χ3n) is 7.37. The average Bonchev–Trinajstić information content (AvgIpc) is 2.87. The molecule has 0 atom stereocenters. The number of pyridine rings is 1. The van der Waals surface area contributed by atoms with Gasteiger partial charge in [-0.2, -0.15) is 0 Å². The molecule has 0 unspecified atom stereocenters. The van der Waals surface area contributed by atoms with Crippen molar-refractivity contribution >= 4 is 18.7 Å². The van der Waals surface area contributed by atoms with Gasteiger partial charge in [0.15, 0.2) is 0 Å². The standard InChI is InChI=1S/C24H37BN2O5/c1-21(2,3)30-20(28)27-12-10-24(11-13-27)14-18(15-24)29-19-9-8-17(16-26-19)25-31-22(4,5)23(6,7)32-25/h8-9,16,18H,10-15H2,1-7H3. The monoisotopic (exact) mass is 444 g/mol. The Morgan fingerprint density at radius 3 is 2.19 bits per heavy atom. The van der Waals surface area contributed by atoms with E-state index in [9.17, 15) is 4.79 Å². The molecule has 0 radical (unpaired) electrons. The molecular weight excluding hydrogens is 407 g/mol. The predicted octanol–water partition coefficient (Wildman–Crippen LogP) is 3.94. The summed E-state index contributed by atoms with van der Waals surface area (Å²) in [4.78, 5) is 18.6. The fourth-order valence-corrected chi connectivity index (χ4v) is 4.64. The summed E-state index contributed by atoms with van der Waals surface area (Å²) in [5.74, 6) is 0.635. The molecule has 3 fully saturated rings. The smallest absolute Gasteiger partial charge is 0.474 e. The number of hydrogen-bond acceptors (Lipinski definition) is 6. The van der Waals surface area contributed by atoms with Crippen LogP contribution in [-0.4, -0.2) is 59.1 Å². The quantitative estimate of drug-likeness (QED) is 0.658. The van der Waals surface area contributed by atoms with Crippen molar-refractivity contribution in [2.75, 3.05) is 13.1 Å². The van der Waals surface area contributed by atoms with Gasteiger partial charge in [0.2, 0.25) is 5.88 Å². The zero-order valence-electron chi connectivity index (χ0n) is 20.6. The maximum absolute atomic E-state index is 12.3. The summed E-state index contributed by atoms with van der Waals surface area (Å²) in [6.07, 6.45) is 5.78. The molecule has 1 amide bonds. The second-order valence-electron chi connectivity index (χ2n) is 11.6. The molecule has 4 rings (SSSR count). The number of carbonyl (C=O) groups is 1. The van der Waals surface area contributed by atoms with Crippen LogP contribution in [0.4, 0.5) is 4.79 Å². The highest BCUT2D eigenvalue weighted by Gasteiger charge is 2.52. The van der Waals surface area contributed by atoms with E-state index >= 15 is 0 Å². The summed E-state index contributed by atoms with van der Waals surface area (Å²) in [7, 11) is -0.413. The van der Waals surface area contributed by atoms with E-state index in [0.717, 1.165) is 44.2 Å². The first kappa shape index (κ1) is 23.4. The summed E-state index contributed by atoms with van der Waals surface area (Å²) in [6.45, 7) is 15.4. The van der Waals surface area contributed by atoms with E-state index in [0.29, 0.717) is 5.88 Å². The second-order valence-corrected chi connectivity index (χ2v) is 11.6. The van der Waals surface area contributed by atoms with Crippen LogP contribution in [0.2, 0.25) is 0 Å². The SMILES string of the molecule is CC(C)(C)OC(=O)N1CCC2(CC1)CC(Oc1ccc(B3OC(C)(C)C(C)(C)O3)cn1)C2. The molecular formula is C24H37BN2O5. The van der Waals surface area contributed by atoms with Gasteiger partial charge in [-0.3, -0.25) is 0 Å². The lowest BCUT2D eigenvalue weighted by Crippen LogP contribution is -2.52. The number of piperidine rings is 1. The first-order valence-corrected chi connectivity index (χ1v) is 11.7. The number of carbonyl (C=O) groups excluding carboxylic acids is 1. The van der Waals surface area contributed by atoms with Gasteiger partial charge in [-0.15, -0.1) is 0 Å². The lowest BCUT2D eigenvalue weighted by molar-refractivity contribution is -0.0596. The largest absolute Gasteiger partial charge is 0.496 e. The first-order valence-electron chi connectivity index (χ1n) is 11.7. The van der Waals surface area contributed by atoms with E-state index in [4.69, 9.17) is 18.8 Å². The summed E-state index contributed by atoms with van der Waals surface area (Å²) in [5.41, 5.74) is -0.00736. The van der Waals surface area contributed by atoms with E-state index in [1.807, 2.05) is 65.5 Å². The van der Waals surface area contributed by atoms with E-state index in [1.165, 1.54) is 0 Å². The maximum Gasteiger partial charge on any atom is 0.496 e. The molecule has 0 bridgehead atoms. The molecule has 1 aromatic rings. The zero-order valence-corrected chi connectivity index (χ0v) is 20.6. The lowest BCUT2D eigenvalue weighted by Gasteiger charge is -2.51. The van der Waals surface area contributed by atoms with E-state index in [-0.39, 0.29) is 28.8 Å². The maximum atomic E-state index is 12.3. The van der Waals surface area contributed by atoms with Gasteiger partial charge >= 0.3 is 13.2 Å². The van der Waals surface area contributed by atoms with Crippen LogP contribution in [-0.2, 0) is 14.0 Å². The Labute approximate surface area is 192 Å². The van der Waals surface area contributed by atoms with Crippen LogP contribution in [0.15, 0.2) is 18.3 Å². The lowest BCUT2D eigenvalue weighted by atomic mass is 9.61. The van der Waals surface area contributed by atoms with Crippen molar-refractivity contribution in [1.82, 2.24) is 9.88 Å². The number of amides is 1. The molecule has 1 aliphatic carbocycles. The number of aromatic nitrogens is 1. The van der Waals surface area contributed by atoms with Crippen molar-refractivity contribution in [2.24, 2.45) is 5.41 Å².